The molecule has 1 atom stereocenters. The second kappa shape index (κ2) is 5.77. The van der Waals surface area contributed by atoms with Crippen molar-refractivity contribution in [3.8, 4) is 0 Å². The number of alkyl halides is 3. The van der Waals surface area contributed by atoms with Crippen LogP contribution in [0.25, 0.3) is 0 Å². The van der Waals surface area contributed by atoms with Crippen molar-refractivity contribution in [2.45, 2.75) is 19.2 Å². The van der Waals surface area contributed by atoms with Crippen LogP contribution in [-0.2, 0) is 6.18 Å². The van der Waals surface area contributed by atoms with E-state index in [0.29, 0.717) is 5.56 Å². The molecule has 1 nitrogen and oxygen atoms in total. The van der Waals surface area contributed by atoms with Crippen LogP contribution in [0.1, 0.15) is 28.4 Å². The number of hydrogen-bond donors (Lipinski definition) is 1. The lowest BCUT2D eigenvalue weighted by Crippen LogP contribution is -2.13. The van der Waals surface area contributed by atoms with Crippen LogP contribution in [0.15, 0.2) is 40.9 Å². The first-order chi connectivity index (χ1) is 9.70. The Balaban J connectivity index is 2.52. The molecule has 0 heterocycles. The highest BCUT2D eigenvalue weighted by atomic mass is 79.9. The average molecular weight is 363 g/mol. The molecule has 0 saturated carbocycles. The van der Waals surface area contributed by atoms with Crippen molar-refractivity contribution in [2.75, 3.05) is 0 Å². The lowest BCUT2D eigenvalue weighted by molar-refractivity contribution is -0.139. The van der Waals surface area contributed by atoms with Gasteiger partial charge in [-0.3, -0.25) is 0 Å². The monoisotopic (exact) mass is 362 g/mol. The number of rotatable bonds is 2. The Morgan fingerprint density at radius 2 is 1.76 bits per heavy atom. The molecule has 21 heavy (non-hydrogen) atoms. The van der Waals surface area contributed by atoms with Gasteiger partial charge in [-0.1, -0.05) is 34.1 Å². The van der Waals surface area contributed by atoms with Gasteiger partial charge in [0.05, 0.1) is 5.56 Å². The third kappa shape index (κ3) is 3.44. The quantitative estimate of drug-likeness (QED) is 0.745. The van der Waals surface area contributed by atoms with E-state index in [2.05, 4.69) is 15.9 Å². The molecular weight excluding hydrogens is 352 g/mol. The molecule has 1 unspecified atom stereocenters. The molecule has 0 spiro atoms. The number of hydrogen-bond acceptors (Lipinski definition) is 1. The van der Waals surface area contributed by atoms with E-state index in [1.54, 1.807) is 0 Å². The number of benzene rings is 2. The van der Waals surface area contributed by atoms with Gasteiger partial charge in [-0.25, -0.2) is 4.39 Å². The molecule has 0 bridgehead atoms. The highest BCUT2D eigenvalue weighted by molar-refractivity contribution is 9.10. The standard InChI is InChI=1S/C15H11BrF4O/c1-8-2-3-9(6-13(8)17)14(21)11-5-4-10(16)7-12(11)15(18,19)20/h2-7,14,21H,1H3. The molecule has 1 N–H and O–H groups in total. The first-order valence-electron chi connectivity index (χ1n) is 6.01. The number of aliphatic hydroxyl groups excluding tert-OH is 1. The van der Waals surface area contributed by atoms with Crippen LogP contribution in [0.3, 0.4) is 0 Å². The van der Waals surface area contributed by atoms with Crippen molar-refractivity contribution in [2.24, 2.45) is 0 Å². The highest BCUT2D eigenvalue weighted by Gasteiger charge is 2.35. The van der Waals surface area contributed by atoms with Gasteiger partial charge >= 0.3 is 6.18 Å². The summed E-state index contributed by atoms with van der Waals surface area (Å²) in [5.41, 5.74) is -0.831. The van der Waals surface area contributed by atoms with E-state index >= 15 is 0 Å². The van der Waals surface area contributed by atoms with Gasteiger partial charge in [0.2, 0.25) is 0 Å². The maximum atomic E-state index is 13.5. The van der Waals surface area contributed by atoms with Crippen LogP contribution >= 0.6 is 15.9 Å². The zero-order valence-corrected chi connectivity index (χ0v) is 12.5. The van der Waals surface area contributed by atoms with Crippen molar-refractivity contribution in [1.82, 2.24) is 0 Å². The summed E-state index contributed by atoms with van der Waals surface area (Å²) < 4.78 is 52.9. The van der Waals surface area contributed by atoms with Gasteiger partial charge in [-0.15, -0.1) is 0 Å². The fourth-order valence-electron chi connectivity index (χ4n) is 1.97. The second-order valence-electron chi connectivity index (χ2n) is 4.64. The highest BCUT2D eigenvalue weighted by Crippen LogP contribution is 2.38. The van der Waals surface area contributed by atoms with Crippen LogP contribution in [0, 0.1) is 12.7 Å². The molecule has 0 amide bonds. The van der Waals surface area contributed by atoms with Crippen molar-refractivity contribution < 1.29 is 22.7 Å². The molecule has 0 aliphatic rings. The van der Waals surface area contributed by atoms with Crippen molar-refractivity contribution >= 4 is 15.9 Å². The summed E-state index contributed by atoms with van der Waals surface area (Å²) in [6.07, 6.45) is -6.16. The molecule has 0 aromatic heterocycles. The van der Waals surface area contributed by atoms with E-state index in [4.69, 9.17) is 0 Å². The molecule has 2 aromatic rings. The summed E-state index contributed by atoms with van der Waals surface area (Å²) in [7, 11) is 0. The summed E-state index contributed by atoms with van der Waals surface area (Å²) in [6, 6.07) is 7.34. The SMILES string of the molecule is Cc1ccc(C(O)c2ccc(Br)cc2C(F)(F)F)cc1F. The van der Waals surface area contributed by atoms with Crippen molar-refractivity contribution in [3.05, 3.63) is 68.9 Å². The summed E-state index contributed by atoms with van der Waals surface area (Å²) in [5, 5.41) is 10.2. The summed E-state index contributed by atoms with van der Waals surface area (Å²) in [4.78, 5) is 0. The fourth-order valence-corrected chi connectivity index (χ4v) is 2.33. The fraction of sp³-hybridized carbons (Fsp3) is 0.200. The minimum absolute atomic E-state index is 0.0749. The third-order valence-electron chi connectivity index (χ3n) is 3.13. The summed E-state index contributed by atoms with van der Waals surface area (Å²) in [5.74, 6) is -0.572. The van der Waals surface area contributed by atoms with Gasteiger partial charge < -0.3 is 5.11 Å². The predicted octanol–water partition coefficient (Wildman–Crippen LogP) is 5.00. The molecule has 2 aromatic carbocycles. The number of aryl methyl sites for hydroxylation is 1. The van der Waals surface area contributed by atoms with E-state index in [-0.39, 0.29) is 15.6 Å². The summed E-state index contributed by atoms with van der Waals surface area (Å²) >= 11 is 2.97. The average Bonchev–Trinajstić information content (AvgIpc) is 2.40. The number of halogens is 5. The van der Waals surface area contributed by atoms with Gasteiger partial charge in [-0.2, -0.15) is 13.2 Å². The van der Waals surface area contributed by atoms with Crippen molar-refractivity contribution in [1.29, 1.82) is 0 Å². The van der Waals surface area contributed by atoms with Gasteiger partial charge in [-0.05, 0) is 41.8 Å². The Labute approximate surface area is 127 Å². The van der Waals surface area contributed by atoms with Gasteiger partial charge in [0.15, 0.2) is 0 Å². The largest absolute Gasteiger partial charge is 0.416 e. The second-order valence-corrected chi connectivity index (χ2v) is 5.56. The van der Waals surface area contributed by atoms with Crippen LogP contribution in [0.2, 0.25) is 0 Å². The van der Waals surface area contributed by atoms with Gasteiger partial charge in [0.1, 0.15) is 11.9 Å². The van der Waals surface area contributed by atoms with Crippen molar-refractivity contribution in [3.63, 3.8) is 0 Å². The van der Waals surface area contributed by atoms with Crippen LogP contribution in [-0.4, -0.2) is 5.11 Å². The van der Waals surface area contributed by atoms with Gasteiger partial charge in [0.25, 0.3) is 0 Å². The molecule has 0 radical (unpaired) electrons. The Bertz CT molecular complexity index is 667. The van der Waals surface area contributed by atoms with E-state index in [1.165, 1.54) is 31.2 Å². The van der Waals surface area contributed by atoms with E-state index in [9.17, 15) is 22.7 Å². The topological polar surface area (TPSA) is 20.2 Å². The molecule has 2 rings (SSSR count). The third-order valence-corrected chi connectivity index (χ3v) is 3.62. The first-order valence-corrected chi connectivity index (χ1v) is 6.80. The zero-order valence-electron chi connectivity index (χ0n) is 10.9. The van der Waals surface area contributed by atoms with E-state index < -0.39 is 23.7 Å². The molecule has 0 saturated heterocycles. The Morgan fingerprint density at radius 1 is 1.10 bits per heavy atom. The molecule has 112 valence electrons. The Morgan fingerprint density at radius 3 is 2.33 bits per heavy atom. The molecule has 0 aliphatic heterocycles. The zero-order chi connectivity index (χ0) is 15.8. The minimum atomic E-state index is -4.61. The maximum Gasteiger partial charge on any atom is 0.416 e. The molecular formula is C15H11BrF4O. The van der Waals surface area contributed by atoms with Gasteiger partial charge in [0, 0.05) is 4.47 Å². The smallest absolute Gasteiger partial charge is 0.384 e. The predicted molar refractivity (Wildman–Crippen MR) is 74.3 cm³/mol. The van der Waals surface area contributed by atoms with Crippen LogP contribution < -0.4 is 0 Å². The van der Waals surface area contributed by atoms with Crippen LogP contribution in [0.4, 0.5) is 17.6 Å². The maximum absolute atomic E-state index is 13.5. The van der Waals surface area contributed by atoms with E-state index in [0.717, 1.165) is 12.1 Å². The lowest BCUT2D eigenvalue weighted by atomic mass is 9.96. The normalized spacial score (nSPS) is 13.3. The summed E-state index contributed by atoms with van der Waals surface area (Å²) in [6.45, 7) is 1.53. The molecule has 0 fully saturated rings. The number of aliphatic hydroxyl groups is 1. The first kappa shape index (κ1) is 16.0. The molecule has 6 heteroatoms. The Kier molecular flexibility index (Phi) is 4.39. The molecule has 0 aliphatic carbocycles. The minimum Gasteiger partial charge on any atom is -0.384 e. The van der Waals surface area contributed by atoms with E-state index in [1.807, 2.05) is 0 Å². The van der Waals surface area contributed by atoms with Crippen LogP contribution in [0.5, 0.6) is 0 Å². The Hall–Kier alpha value is -1.40. The lowest BCUT2D eigenvalue weighted by Gasteiger charge is -2.18.